The lowest BCUT2D eigenvalue weighted by Crippen LogP contribution is -2.27. The van der Waals surface area contributed by atoms with Crippen molar-refractivity contribution in [3.05, 3.63) is 59.2 Å². The molecule has 1 saturated heterocycles. The molecule has 1 aliphatic rings. The molecule has 0 unspecified atom stereocenters. The van der Waals surface area contributed by atoms with Crippen molar-refractivity contribution in [1.82, 2.24) is 5.32 Å². The molecule has 0 spiro atoms. The summed E-state index contributed by atoms with van der Waals surface area (Å²) in [7, 11) is 0. The number of carbonyl (C=O) groups excluding carboxylic acids is 2. The van der Waals surface area contributed by atoms with Gasteiger partial charge < -0.3 is 10.6 Å². The molecule has 5 heteroatoms. The molecular formula is C18H19N3O2. The van der Waals surface area contributed by atoms with E-state index >= 15 is 0 Å². The average molecular weight is 309 g/mol. The Labute approximate surface area is 135 Å². The number of anilines is 2. The van der Waals surface area contributed by atoms with Gasteiger partial charge in [-0.05, 0) is 55.3 Å². The Morgan fingerprint density at radius 2 is 1.87 bits per heavy atom. The van der Waals surface area contributed by atoms with Crippen LogP contribution in [-0.2, 0) is 0 Å². The van der Waals surface area contributed by atoms with Gasteiger partial charge in [0.25, 0.3) is 5.91 Å². The third-order valence-corrected chi connectivity index (χ3v) is 4.14. The zero-order valence-electron chi connectivity index (χ0n) is 13.2. The molecule has 0 bridgehead atoms. The second kappa shape index (κ2) is 6.12. The number of hydrogen-bond donors (Lipinski definition) is 2. The zero-order chi connectivity index (χ0) is 16.4. The van der Waals surface area contributed by atoms with Gasteiger partial charge in [-0.25, -0.2) is 4.79 Å². The van der Waals surface area contributed by atoms with E-state index in [9.17, 15) is 9.59 Å². The van der Waals surface area contributed by atoms with Gasteiger partial charge in [0.1, 0.15) is 0 Å². The molecule has 2 aromatic carbocycles. The molecule has 2 N–H and O–H groups in total. The van der Waals surface area contributed by atoms with E-state index in [2.05, 4.69) is 10.6 Å². The highest BCUT2D eigenvalue weighted by Gasteiger charge is 2.20. The summed E-state index contributed by atoms with van der Waals surface area (Å²) in [6.45, 7) is 5.25. The van der Waals surface area contributed by atoms with Crippen LogP contribution < -0.4 is 15.5 Å². The van der Waals surface area contributed by atoms with Crippen LogP contribution in [0.25, 0.3) is 0 Å². The second-order valence-electron chi connectivity index (χ2n) is 5.63. The molecule has 5 nitrogen and oxygen atoms in total. The van der Waals surface area contributed by atoms with Crippen molar-refractivity contribution in [3.63, 3.8) is 0 Å². The summed E-state index contributed by atoms with van der Waals surface area (Å²) in [5.74, 6) is -0.127. The molecule has 0 atom stereocenters. The number of nitrogens with zero attached hydrogens (tertiary/aromatic N) is 1. The maximum absolute atomic E-state index is 12.4. The fourth-order valence-corrected chi connectivity index (χ4v) is 2.64. The van der Waals surface area contributed by atoms with Crippen molar-refractivity contribution in [1.29, 1.82) is 0 Å². The number of amides is 3. The molecule has 118 valence electrons. The number of aryl methyl sites for hydroxylation is 1. The molecule has 0 radical (unpaired) electrons. The Morgan fingerprint density at radius 1 is 1.13 bits per heavy atom. The molecule has 0 saturated carbocycles. The predicted octanol–water partition coefficient (Wildman–Crippen LogP) is 3.09. The van der Waals surface area contributed by atoms with Gasteiger partial charge >= 0.3 is 6.03 Å². The normalized spacial score (nSPS) is 13.8. The number of carbonyl (C=O) groups is 2. The standard InChI is InChI=1S/C18H19N3O2/c1-12-4-3-5-16(13(12)2)17(22)20-14-6-8-15(9-7-14)21-11-10-19-18(21)23/h3-9H,10-11H2,1-2H3,(H,19,23)(H,20,22). The highest BCUT2D eigenvalue weighted by molar-refractivity contribution is 6.05. The zero-order valence-corrected chi connectivity index (χ0v) is 13.2. The Morgan fingerprint density at radius 3 is 2.52 bits per heavy atom. The number of urea groups is 1. The molecule has 3 rings (SSSR count). The van der Waals surface area contributed by atoms with Crippen LogP contribution in [0.15, 0.2) is 42.5 Å². The summed E-state index contributed by atoms with van der Waals surface area (Å²) in [6.07, 6.45) is 0. The minimum absolute atomic E-state index is 0.0860. The molecule has 1 heterocycles. The van der Waals surface area contributed by atoms with Gasteiger partial charge in [0.2, 0.25) is 0 Å². The first-order valence-corrected chi connectivity index (χ1v) is 7.59. The van der Waals surface area contributed by atoms with Crippen molar-refractivity contribution < 1.29 is 9.59 Å². The Bertz CT molecular complexity index is 753. The van der Waals surface area contributed by atoms with Crippen LogP contribution >= 0.6 is 0 Å². The van der Waals surface area contributed by atoms with Gasteiger partial charge in [0, 0.05) is 30.0 Å². The van der Waals surface area contributed by atoms with E-state index in [1.165, 1.54) is 0 Å². The van der Waals surface area contributed by atoms with E-state index in [4.69, 9.17) is 0 Å². The molecule has 1 fully saturated rings. The quantitative estimate of drug-likeness (QED) is 0.915. The van der Waals surface area contributed by atoms with Crippen LogP contribution in [0.2, 0.25) is 0 Å². The topological polar surface area (TPSA) is 61.4 Å². The van der Waals surface area contributed by atoms with Gasteiger partial charge in [-0.1, -0.05) is 12.1 Å². The van der Waals surface area contributed by atoms with Crippen LogP contribution in [0.4, 0.5) is 16.2 Å². The molecule has 2 aromatic rings. The first-order valence-electron chi connectivity index (χ1n) is 7.59. The average Bonchev–Trinajstić information content (AvgIpc) is 2.97. The molecule has 1 aliphatic heterocycles. The molecule has 0 aliphatic carbocycles. The van der Waals surface area contributed by atoms with Crippen LogP contribution in [0.3, 0.4) is 0 Å². The van der Waals surface area contributed by atoms with Crippen LogP contribution in [-0.4, -0.2) is 25.0 Å². The van der Waals surface area contributed by atoms with Gasteiger partial charge in [-0.2, -0.15) is 0 Å². The predicted molar refractivity (Wildman–Crippen MR) is 91.1 cm³/mol. The first-order chi connectivity index (χ1) is 11.1. The Kier molecular flexibility index (Phi) is 4.02. The summed E-state index contributed by atoms with van der Waals surface area (Å²) < 4.78 is 0. The van der Waals surface area contributed by atoms with Crippen LogP contribution in [0, 0.1) is 13.8 Å². The van der Waals surface area contributed by atoms with Gasteiger partial charge in [0.15, 0.2) is 0 Å². The lowest BCUT2D eigenvalue weighted by Gasteiger charge is -2.15. The number of rotatable bonds is 3. The summed E-state index contributed by atoms with van der Waals surface area (Å²) in [6, 6.07) is 12.9. The van der Waals surface area contributed by atoms with Crippen molar-refractivity contribution >= 4 is 23.3 Å². The third kappa shape index (κ3) is 3.04. The van der Waals surface area contributed by atoms with E-state index in [-0.39, 0.29) is 11.9 Å². The van der Waals surface area contributed by atoms with E-state index in [0.29, 0.717) is 24.3 Å². The largest absolute Gasteiger partial charge is 0.336 e. The first kappa shape index (κ1) is 15.1. The van der Waals surface area contributed by atoms with Crippen LogP contribution in [0.1, 0.15) is 21.5 Å². The summed E-state index contributed by atoms with van der Waals surface area (Å²) in [4.78, 5) is 25.7. The second-order valence-corrected chi connectivity index (χ2v) is 5.63. The highest BCUT2D eigenvalue weighted by Crippen LogP contribution is 2.21. The van der Waals surface area contributed by atoms with Crippen molar-refractivity contribution in [2.24, 2.45) is 0 Å². The maximum Gasteiger partial charge on any atom is 0.321 e. The molecule has 3 amide bonds. The third-order valence-electron chi connectivity index (χ3n) is 4.14. The van der Waals surface area contributed by atoms with Gasteiger partial charge in [-0.15, -0.1) is 0 Å². The lowest BCUT2D eigenvalue weighted by molar-refractivity contribution is 0.102. The van der Waals surface area contributed by atoms with E-state index in [0.717, 1.165) is 16.8 Å². The fraction of sp³-hybridized carbons (Fsp3) is 0.222. The van der Waals surface area contributed by atoms with Gasteiger partial charge in [0.05, 0.1) is 0 Å². The molecule has 23 heavy (non-hydrogen) atoms. The Balaban J connectivity index is 1.74. The summed E-state index contributed by atoms with van der Waals surface area (Å²) in [5.41, 5.74) is 4.28. The van der Waals surface area contributed by atoms with Crippen molar-refractivity contribution in [2.75, 3.05) is 23.3 Å². The smallest absolute Gasteiger partial charge is 0.321 e. The Hall–Kier alpha value is -2.82. The summed E-state index contributed by atoms with van der Waals surface area (Å²) in [5, 5.41) is 5.66. The van der Waals surface area contributed by atoms with Crippen LogP contribution in [0.5, 0.6) is 0 Å². The monoisotopic (exact) mass is 309 g/mol. The number of nitrogens with one attached hydrogen (secondary N) is 2. The lowest BCUT2D eigenvalue weighted by atomic mass is 10.0. The van der Waals surface area contributed by atoms with Crippen molar-refractivity contribution in [3.8, 4) is 0 Å². The van der Waals surface area contributed by atoms with Gasteiger partial charge in [-0.3, -0.25) is 9.69 Å². The van der Waals surface area contributed by atoms with E-state index < -0.39 is 0 Å². The maximum atomic E-state index is 12.4. The summed E-state index contributed by atoms with van der Waals surface area (Å²) >= 11 is 0. The molecule has 0 aromatic heterocycles. The van der Waals surface area contributed by atoms with Crippen molar-refractivity contribution in [2.45, 2.75) is 13.8 Å². The fourth-order valence-electron chi connectivity index (χ4n) is 2.64. The molecular weight excluding hydrogens is 290 g/mol. The van der Waals surface area contributed by atoms with E-state index in [1.807, 2.05) is 56.3 Å². The SMILES string of the molecule is Cc1cccc(C(=O)Nc2ccc(N3CCNC3=O)cc2)c1C. The minimum Gasteiger partial charge on any atom is -0.336 e. The highest BCUT2D eigenvalue weighted by atomic mass is 16.2. The minimum atomic E-state index is -0.127. The van der Waals surface area contributed by atoms with E-state index in [1.54, 1.807) is 4.90 Å². The number of benzene rings is 2. The number of hydrogen-bond acceptors (Lipinski definition) is 2.